The van der Waals surface area contributed by atoms with Crippen molar-refractivity contribution in [1.82, 2.24) is 0 Å². The lowest BCUT2D eigenvalue weighted by Crippen LogP contribution is -3.14. The van der Waals surface area contributed by atoms with Crippen LogP contribution in [0.5, 0.6) is 23.0 Å². The highest BCUT2D eigenvalue weighted by molar-refractivity contribution is 5.91. The van der Waals surface area contributed by atoms with Crippen LogP contribution in [0.3, 0.4) is 0 Å². The van der Waals surface area contributed by atoms with E-state index in [-0.39, 0.29) is 5.97 Å². The van der Waals surface area contributed by atoms with Gasteiger partial charge in [0.15, 0.2) is 11.5 Å². The summed E-state index contributed by atoms with van der Waals surface area (Å²) in [5.41, 5.74) is 1.79. The number of quaternary nitrogens is 1. The maximum Gasteiger partial charge on any atom is 0.338 e. The Kier molecular flexibility index (Phi) is 7.28. The third-order valence-electron chi connectivity index (χ3n) is 7.08. The molecule has 2 saturated heterocycles. The number of fused-ring (bicyclic) bond motifs is 1. The minimum Gasteiger partial charge on any atom is -0.497 e. The van der Waals surface area contributed by atoms with E-state index in [9.17, 15) is 4.79 Å². The smallest absolute Gasteiger partial charge is 0.338 e. The van der Waals surface area contributed by atoms with Crippen molar-refractivity contribution >= 4 is 5.97 Å². The van der Waals surface area contributed by atoms with Gasteiger partial charge in [0.2, 0.25) is 5.75 Å². The van der Waals surface area contributed by atoms with E-state index >= 15 is 0 Å². The highest BCUT2D eigenvalue weighted by Crippen LogP contribution is 2.38. The van der Waals surface area contributed by atoms with Crippen molar-refractivity contribution in [3.63, 3.8) is 0 Å². The Hall–Kier alpha value is -2.93. The summed E-state index contributed by atoms with van der Waals surface area (Å²) in [5.74, 6) is 2.84. The molecule has 0 amide bonds. The molecule has 7 heteroatoms. The summed E-state index contributed by atoms with van der Waals surface area (Å²) in [4.78, 5) is 14.4. The van der Waals surface area contributed by atoms with E-state index in [2.05, 4.69) is 12.1 Å². The number of carbonyl (C=O) groups excluding carboxylic acids is 1. The summed E-state index contributed by atoms with van der Waals surface area (Å²) in [5, 5.41) is 0. The van der Waals surface area contributed by atoms with Crippen molar-refractivity contribution < 1.29 is 33.4 Å². The fourth-order valence-corrected chi connectivity index (χ4v) is 5.31. The third kappa shape index (κ3) is 5.03. The van der Waals surface area contributed by atoms with Gasteiger partial charge < -0.3 is 28.6 Å². The second-order valence-corrected chi connectivity index (χ2v) is 8.92. The molecule has 33 heavy (non-hydrogen) atoms. The summed E-state index contributed by atoms with van der Waals surface area (Å²) in [6, 6.07) is 12.4. The maximum atomic E-state index is 12.8. The summed E-state index contributed by atoms with van der Waals surface area (Å²) in [6.07, 6.45) is 3.34. The molecule has 4 atom stereocenters. The molecule has 2 fully saturated rings. The van der Waals surface area contributed by atoms with Gasteiger partial charge in [-0.05, 0) is 29.8 Å². The number of rotatable bonds is 8. The minimum atomic E-state index is -0.369. The Balaban J connectivity index is 1.33. The molecule has 2 aliphatic heterocycles. The van der Waals surface area contributed by atoms with Gasteiger partial charge in [0, 0.05) is 31.1 Å². The second-order valence-electron chi connectivity index (χ2n) is 8.92. The molecular formula is C26H34NO6+. The molecule has 0 radical (unpaired) electrons. The van der Waals surface area contributed by atoms with E-state index in [0.29, 0.717) is 47.3 Å². The topological polar surface area (TPSA) is 67.7 Å². The van der Waals surface area contributed by atoms with Crippen LogP contribution in [0.25, 0.3) is 0 Å². The average molecular weight is 457 g/mol. The van der Waals surface area contributed by atoms with E-state index in [1.807, 2.05) is 12.1 Å². The second kappa shape index (κ2) is 10.3. The fourth-order valence-electron chi connectivity index (χ4n) is 5.31. The fraction of sp³-hybridized carbons (Fsp3) is 0.500. The molecule has 2 heterocycles. The Morgan fingerprint density at radius 2 is 1.64 bits per heavy atom. The summed E-state index contributed by atoms with van der Waals surface area (Å²) in [6.45, 7) is 2.74. The van der Waals surface area contributed by atoms with Crippen LogP contribution in [0.1, 0.15) is 41.1 Å². The highest BCUT2D eigenvalue weighted by atomic mass is 16.5. The number of carbonyl (C=O) groups is 1. The molecule has 2 aromatic rings. The highest BCUT2D eigenvalue weighted by Gasteiger charge is 2.41. The van der Waals surface area contributed by atoms with Crippen LogP contribution >= 0.6 is 0 Å². The zero-order valence-corrected chi connectivity index (χ0v) is 19.9. The number of nitrogens with one attached hydrogen (secondary N) is 1. The van der Waals surface area contributed by atoms with E-state index in [1.54, 1.807) is 24.1 Å². The van der Waals surface area contributed by atoms with Gasteiger partial charge in [-0.25, -0.2) is 4.79 Å². The van der Waals surface area contributed by atoms with Gasteiger partial charge in [-0.3, -0.25) is 0 Å². The first-order valence-corrected chi connectivity index (χ1v) is 11.5. The first-order valence-electron chi connectivity index (χ1n) is 11.5. The van der Waals surface area contributed by atoms with Crippen LogP contribution < -0.4 is 23.8 Å². The van der Waals surface area contributed by atoms with E-state index in [0.717, 1.165) is 25.1 Å². The monoisotopic (exact) mass is 456 g/mol. The van der Waals surface area contributed by atoms with Crippen LogP contribution in [0.2, 0.25) is 0 Å². The van der Waals surface area contributed by atoms with Crippen molar-refractivity contribution in [1.29, 1.82) is 0 Å². The molecule has 1 unspecified atom stereocenters. The molecule has 0 saturated carbocycles. The molecule has 0 spiro atoms. The van der Waals surface area contributed by atoms with Gasteiger partial charge in [0.05, 0.1) is 59.7 Å². The first-order chi connectivity index (χ1) is 16.1. The van der Waals surface area contributed by atoms with E-state index < -0.39 is 0 Å². The number of hydrogen-bond donors (Lipinski definition) is 1. The standard InChI is InChI=1S/C26H33NO6/c1-29-22-7-5-18(6-8-22)20-12-21-11-17(9-10-27(21)15-20)16-33-26(28)19-13-23(30-2)25(32-4)24(14-19)31-3/h5-8,13-14,17,20-21H,9-12,15-16H2,1-4H3/p+1/t17-,20+,21-/m1/s1. The molecule has 0 aliphatic carbocycles. The molecule has 0 aromatic heterocycles. The Morgan fingerprint density at radius 1 is 0.939 bits per heavy atom. The van der Waals surface area contributed by atoms with Crippen molar-refractivity contribution in [3.05, 3.63) is 47.5 Å². The van der Waals surface area contributed by atoms with Gasteiger partial charge in [-0.1, -0.05) is 12.1 Å². The van der Waals surface area contributed by atoms with E-state index in [1.165, 1.54) is 39.9 Å². The predicted molar refractivity (Wildman–Crippen MR) is 124 cm³/mol. The molecule has 0 bridgehead atoms. The molecule has 178 valence electrons. The van der Waals surface area contributed by atoms with Gasteiger partial charge in [-0.2, -0.15) is 0 Å². The van der Waals surface area contributed by atoms with Gasteiger partial charge in [0.25, 0.3) is 0 Å². The Bertz CT molecular complexity index is 935. The first kappa shape index (κ1) is 23.2. The van der Waals surface area contributed by atoms with Crippen LogP contribution in [0, 0.1) is 5.92 Å². The third-order valence-corrected chi connectivity index (χ3v) is 7.08. The van der Waals surface area contributed by atoms with Crippen LogP contribution in [-0.2, 0) is 4.74 Å². The Morgan fingerprint density at radius 3 is 2.24 bits per heavy atom. The lowest BCUT2D eigenvalue weighted by atomic mass is 9.89. The normalized spacial score (nSPS) is 24.0. The largest absolute Gasteiger partial charge is 0.497 e. The average Bonchev–Trinajstić information content (AvgIpc) is 3.29. The molecular weight excluding hydrogens is 422 g/mol. The minimum absolute atomic E-state index is 0.369. The van der Waals surface area contributed by atoms with Crippen molar-refractivity contribution in [2.24, 2.45) is 5.92 Å². The Labute approximate surface area is 195 Å². The maximum absolute atomic E-state index is 12.8. The van der Waals surface area contributed by atoms with Crippen molar-refractivity contribution in [2.45, 2.75) is 31.2 Å². The SMILES string of the molecule is COc1ccc([C@H]2C[C@H]3C[C@H](COC(=O)c4cc(OC)c(OC)c(OC)c4)CC[NH+]3C2)cc1. The van der Waals surface area contributed by atoms with Gasteiger partial charge in [0.1, 0.15) is 5.75 Å². The number of methoxy groups -OCH3 is 4. The molecule has 2 aliphatic rings. The molecule has 7 nitrogen and oxygen atoms in total. The van der Waals surface area contributed by atoms with Crippen LogP contribution in [-0.4, -0.2) is 60.1 Å². The van der Waals surface area contributed by atoms with Crippen LogP contribution in [0.15, 0.2) is 36.4 Å². The zero-order valence-electron chi connectivity index (χ0n) is 19.9. The van der Waals surface area contributed by atoms with Gasteiger partial charge >= 0.3 is 5.97 Å². The van der Waals surface area contributed by atoms with Crippen molar-refractivity contribution in [3.8, 4) is 23.0 Å². The molecule has 1 N–H and O–H groups in total. The number of benzene rings is 2. The number of esters is 1. The zero-order chi connectivity index (χ0) is 23.4. The summed E-state index contributed by atoms with van der Waals surface area (Å²) >= 11 is 0. The lowest BCUT2D eigenvalue weighted by Gasteiger charge is -2.31. The predicted octanol–water partition coefficient (Wildman–Crippen LogP) is 2.73. The summed E-state index contributed by atoms with van der Waals surface area (Å²) < 4.78 is 27.0. The number of hydrogen-bond acceptors (Lipinski definition) is 6. The summed E-state index contributed by atoms with van der Waals surface area (Å²) in [7, 11) is 6.30. The van der Waals surface area contributed by atoms with E-state index in [4.69, 9.17) is 23.7 Å². The van der Waals surface area contributed by atoms with Crippen LogP contribution in [0.4, 0.5) is 0 Å². The number of ether oxygens (including phenoxy) is 5. The lowest BCUT2D eigenvalue weighted by molar-refractivity contribution is -0.919. The van der Waals surface area contributed by atoms with Crippen molar-refractivity contribution in [2.75, 3.05) is 48.1 Å². The molecule has 4 rings (SSSR count). The quantitative estimate of drug-likeness (QED) is 0.616. The number of piperidine rings is 1. The van der Waals surface area contributed by atoms with Gasteiger partial charge in [-0.15, -0.1) is 0 Å². The molecule has 2 aromatic carbocycles.